The molecule has 1 saturated heterocycles. The summed E-state index contributed by atoms with van der Waals surface area (Å²) in [4.78, 5) is 0. The van der Waals surface area contributed by atoms with Crippen molar-refractivity contribution in [1.29, 1.82) is 0 Å². The molecule has 1 fully saturated rings. The number of nitrogens with zero attached hydrogens (tertiary/aromatic N) is 2. The Hall–Kier alpha value is -0.870. The summed E-state index contributed by atoms with van der Waals surface area (Å²) >= 11 is 0. The molecule has 0 radical (unpaired) electrons. The van der Waals surface area contributed by atoms with Gasteiger partial charge in [0.2, 0.25) is 0 Å². The van der Waals surface area contributed by atoms with Crippen molar-refractivity contribution >= 4 is 0 Å². The zero-order chi connectivity index (χ0) is 9.26. The summed E-state index contributed by atoms with van der Waals surface area (Å²) in [5, 5.41) is 7.71. The normalized spacial score (nSPS) is 23.4. The Labute approximate surface area is 77.9 Å². The average Bonchev–Trinajstić information content (AvgIpc) is 2.47. The van der Waals surface area contributed by atoms with Gasteiger partial charge >= 0.3 is 0 Å². The molecule has 0 amide bonds. The summed E-state index contributed by atoms with van der Waals surface area (Å²) in [6.45, 7) is 4.49. The Bertz CT molecular complexity index is 289. The number of rotatable bonds is 1. The topological polar surface area (TPSA) is 39.1 Å². The van der Waals surface area contributed by atoms with Crippen molar-refractivity contribution in [2.45, 2.75) is 13.0 Å². The molecule has 1 aliphatic rings. The van der Waals surface area contributed by atoms with Gasteiger partial charge in [-0.05, 0) is 13.0 Å². The van der Waals surface area contributed by atoms with Crippen LogP contribution in [0.5, 0.6) is 0 Å². The first-order valence-electron chi connectivity index (χ1n) is 4.59. The molecule has 13 heavy (non-hydrogen) atoms. The second kappa shape index (κ2) is 3.47. The second-order valence-electron chi connectivity index (χ2n) is 3.42. The van der Waals surface area contributed by atoms with Crippen molar-refractivity contribution in [1.82, 2.24) is 15.1 Å². The van der Waals surface area contributed by atoms with Crippen LogP contribution in [0.15, 0.2) is 6.07 Å². The highest BCUT2D eigenvalue weighted by Crippen LogP contribution is 2.15. The molecule has 2 rings (SSSR count). The van der Waals surface area contributed by atoms with Gasteiger partial charge in [0.05, 0.1) is 30.6 Å². The Balaban J connectivity index is 2.18. The van der Waals surface area contributed by atoms with Gasteiger partial charge in [0.25, 0.3) is 0 Å². The summed E-state index contributed by atoms with van der Waals surface area (Å²) in [7, 11) is 1.97. The van der Waals surface area contributed by atoms with E-state index in [1.165, 1.54) is 5.69 Å². The standard InChI is InChI=1S/C9H15N3O/c1-7-5-9(12(2)11-7)8-6-13-4-3-10-8/h5,8,10H,3-4,6H2,1-2H3. The van der Waals surface area contributed by atoms with Gasteiger partial charge in [-0.25, -0.2) is 0 Å². The number of morpholine rings is 1. The fourth-order valence-electron chi connectivity index (χ4n) is 1.71. The first-order valence-corrected chi connectivity index (χ1v) is 4.59. The van der Waals surface area contributed by atoms with Crippen molar-refractivity contribution in [3.8, 4) is 0 Å². The number of nitrogens with one attached hydrogen (secondary N) is 1. The molecule has 72 valence electrons. The van der Waals surface area contributed by atoms with Gasteiger partial charge in [-0.3, -0.25) is 4.68 Å². The molecule has 1 N–H and O–H groups in total. The summed E-state index contributed by atoms with van der Waals surface area (Å²) in [5.74, 6) is 0. The van der Waals surface area contributed by atoms with E-state index in [9.17, 15) is 0 Å². The van der Waals surface area contributed by atoms with Crippen LogP contribution in [-0.4, -0.2) is 29.5 Å². The molecule has 1 atom stereocenters. The average molecular weight is 181 g/mol. The van der Waals surface area contributed by atoms with E-state index in [4.69, 9.17) is 4.74 Å². The van der Waals surface area contributed by atoms with Crippen LogP contribution >= 0.6 is 0 Å². The Morgan fingerprint density at radius 3 is 3.08 bits per heavy atom. The molecule has 0 saturated carbocycles. The van der Waals surface area contributed by atoms with Crippen LogP contribution in [-0.2, 0) is 11.8 Å². The maximum absolute atomic E-state index is 5.40. The third-order valence-electron chi connectivity index (χ3n) is 2.32. The molecule has 1 aliphatic heterocycles. The number of aromatic nitrogens is 2. The Morgan fingerprint density at radius 1 is 1.69 bits per heavy atom. The van der Waals surface area contributed by atoms with Gasteiger partial charge in [-0.15, -0.1) is 0 Å². The van der Waals surface area contributed by atoms with E-state index in [1.807, 2.05) is 18.7 Å². The molecule has 2 heterocycles. The van der Waals surface area contributed by atoms with Crippen LogP contribution in [0.25, 0.3) is 0 Å². The lowest BCUT2D eigenvalue weighted by Gasteiger charge is -2.23. The van der Waals surface area contributed by atoms with E-state index >= 15 is 0 Å². The quantitative estimate of drug-likeness (QED) is 0.681. The summed E-state index contributed by atoms with van der Waals surface area (Å²) in [5.41, 5.74) is 2.27. The maximum atomic E-state index is 5.40. The maximum Gasteiger partial charge on any atom is 0.0730 e. The first kappa shape index (κ1) is 8.72. The van der Waals surface area contributed by atoms with Crippen molar-refractivity contribution in [3.63, 3.8) is 0 Å². The van der Waals surface area contributed by atoms with Gasteiger partial charge in [0, 0.05) is 13.6 Å². The van der Waals surface area contributed by atoms with Crippen molar-refractivity contribution in [3.05, 3.63) is 17.5 Å². The van der Waals surface area contributed by atoms with E-state index in [-0.39, 0.29) is 0 Å². The van der Waals surface area contributed by atoms with Crippen LogP contribution < -0.4 is 5.32 Å². The number of hydrogen-bond acceptors (Lipinski definition) is 3. The number of ether oxygens (including phenoxy) is 1. The van der Waals surface area contributed by atoms with Gasteiger partial charge in [0.1, 0.15) is 0 Å². The van der Waals surface area contributed by atoms with E-state index < -0.39 is 0 Å². The summed E-state index contributed by atoms with van der Waals surface area (Å²) < 4.78 is 7.32. The first-order chi connectivity index (χ1) is 6.27. The number of hydrogen-bond donors (Lipinski definition) is 1. The van der Waals surface area contributed by atoms with Crippen LogP contribution in [0.1, 0.15) is 17.4 Å². The largest absolute Gasteiger partial charge is 0.378 e. The minimum absolute atomic E-state index is 0.306. The van der Waals surface area contributed by atoms with Gasteiger partial charge in [0.15, 0.2) is 0 Å². The second-order valence-corrected chi connectivity index (χ2v) is 3.42. The molecule has 4 nitrogen and oxygen atoms in total. The molecular weight excluding hydrogens is 166 g/mol. The lowest BCUT2D eigenvalue weighted by molar-refractivity contribution is 0.0744. The third-order valence-corrected chi connectivity index (χ3v) is 2.32. The summed E-state index contributed by atoms with van der Waals surface area (Å²) in [6.07, 6.45) is 0. The van der Waals surface area contributed by atoms with E-state index in [0.717, 1.165) is 25.5 Å². The molecule has 0 aliphatic carbocycles. The van der Waals surface area contributed by atoms with E-state index in [1.54, 1.807) is 0 Å². The van der Waals surface area contributed by atoms with Gasteiger partial charge in [-0.1, -0.05) is 0 Å². The van der Waals surface area contributed by atoms with E-state index in [2.05, 4.69) is 16.5 Å². The molecular formula is C9H15N3O. The zero-order valence-corrected chi connectivity index (χ0v) is 8.08. The highest BCUT2D eigenvalue weighted by atomic mass is 16.5. The van der Waals surface area contributed by atoms with Crippen molar-refractivity contribution < 1.29 is 4.74 Å². The Kier molecular flexibility index (Phi) is 2.33. The minimum atomic E-state index is 0.306. The fourth-order valence-corrected chi connectivity index (χ4v) is 1.71. The molecule has 0 bridgehead atoms. The Morgan fingerprint density at radius 2 is 2.54 bits per heavy atom. The molecule has 1 aromatic heterocycles. The van der Waals surface area contributed by atoms with Crippen LogP contribution in [0.4, 0.5) is 0 Å². The van der Waals surface area contributed by atoms with Crippen LogP contribution in [0.3, 0.4) is 0 Å². The number of aryl methyl sites for hydroxylation is 2. The molecule has 1 aromatic rings. The monoisotopic (exact) mass is 181 g/mol. The minimum Gasteiger partial charge on any atom is -0.378 e. The molecule has 0 aromatic carbocycles. The molecule has 4 heteroatoms. The lowest BCUT2D eigenvalue weighted by atomic mass is 10.2. The van der Waals surface area contributed by atoms with Crippen LogP contribution in [0, 0.1) is 6.92 Å². The lowest BCUT2D eigenvalue weighted by Crippen LogP contribution is -2.35. The predicted octanol–water partition coefficient (Wildman–Crippen LogP) is 0.389. The molecule has 1 unspecified atom stereocenters. The van der Waals surface area contributed by atoms with Gasteiger partial charge < -0.3 is 10.1 Å². The van der Waals surface area contributed by atoms with Crippen molar-refractivity contribution in [2.24, 2.45) is 7.05 Å². The smallest absolute Gasteiger partial charge is 0.0730 e. The SMILES string of the molecule is Cc1cc(C2COCCN2)n(C)n1. The highest BCUT2D eigenvalue weighted by Gasteiger charge is 2.18. The third kappa shape index (κ3) is 1.73. The molecule has 0 spiro atoms. The highest BCUT2D eigenvalue weighted by molar-refractivity contribution is 5.13. The van der Waals surface area contributed by atoms with E-state index in [0.29, 0.717) is 6.04 Å². The zero-order valence-electron chi connectivity index (χ0n) is 8.08. The van der Waals surface area contributed by atoms with Gasteiger partial charge in [-0.2, -0.15) is 5.10 Å². The van der Waals surface area contributed by atoms with Crippen molar-refractivity contribution in [2.75, 3.05) is 19.8 Å². The van der Waals surface area contributed by atoms with Crippen LogP contribution in [0.2, 0.25) is 0 Å². The fraction of sp³-hybridized carbons (Fsp3) is 0.667. The predicted molar refractivity (Wildman–Crippen MR) is 49.5 cm³/mol. The summed E-state index contributed by atoms with van der Waals surface area (Å²) in [6, 6.07) is 2.41.